The standard InChI is InChI=1S/C27H28F3NO5/c1-4-35-24(33)26(25(34)36-5-2)21-13-18(27(28,29)30)11-12-19(21)16(3)20-15-31(23(32)22(20)26)14-17-9-7-6-8-10-17/h6-13,16,20,22H,4-5,14-15H2,1-3H3/t16-,20-,22-/m0/s1. The van der Waals surface area contributed by atoms with E-state index >= 15 is 0 Å². The normalized spacial score (nSPS) is 22.6. The predicted molar refractivity (Wildman–Crippen MR) is 124 cm³/mol. The molecule has 4 rings (SSSR count). The molecule has 1 saturated heterocycles. The number of amides is 1. The Morgan fingerprint density at radius 1 is 1.03 bits per heavy atom. The van der Waals surface area contributed by atoms with Crippen LogP contribution in [0.25, 0.3) is 0 Å². The lowest BCUT2D eigenvalue weighted by atomic mass is 9.56. The molecule has 1 heterocycles. The van der Waals surface area contributed by atoms with Crippen LogP contribution in [-0.4, -0.2) is 42.5 Å². The van der Waals surface area contributed by atoms with Crippen LogP contribution in [0.4, 0.5) is 13.2 Å². The molecule has 0 unspecified atom stereocenters. The Labute approximate surface area is 207 Å². The second-order valence-corrected chi connectivity index (χ2v) is 9.18. The van der Waals surface area contributed by atoms with Gasteiger partial charge in [0.2, 0.25) is 11.3 Å². The maximum atomic E-state index is 13.9. The highest BCUT2D eigenvalue weighted by atomic mass is 19.4. The molecule has 36 heavy (non-hydrogen) atoms. The Bertz CT molecular complexity index is 1150. The Morgan fingerprint density at radius 2 is 1.64 bits per heavy atom. The van der Waals surface area contributed by atoms with E-state index in [2.05, 4.69) is 0 Å². The van der Waals surface area contributed by atoms with Gasteiger partial charge < -0.3 is 14.4 Å². The zero-order valence-electron chi connectivity index (χ0n) is 20.3. The van der Waals surface area contributed by atoms with Gasteiger partial charge in [-0.3, -0.25) is 14.4 Å². The number of esters is 2. The number of benzene rings is 2. The van der Waals surface area contributed by atoms with Crippen molar-refractivity contribution in [1.82, 2.24) is 4.90 Å². The number of carbonyl (C=O) groups is 3. The van der Waals surface area contributed by atoms with E-state index < -0.39 is 52.8 Å². The maximum absolute atomic E-state index is 13.9. The number of halogens is 3. The van der Waals surface area contributed by atoms with E-state index in [4.69, 9.17) is 9.47 Å². The van der Waals surface area contributed by atoms with Gasteiger partial charge in [-0.05, 0) is 54.5 Å². The molecule has 0 aromatic heterocycles. The number of likely N-dealkylation sites (tertiary alicyclic amines) is 1. The van der Waals surface area contributed by atoms with Crippen LogP contribution in [0.5, 0.6) is 0 Å². The van der Waals surface area contributed by atoms with Gasteiger partial charge in [-0.25, -0.2) is 0 Å². The minimum Gasteiger partial charge on any atom is -0.465 e. The van der Waals surface area contributed by atoms with E-state index in [0.717, 1.165) is 17.7 Å². The summed E-state index contributed by atoms with van der Waals surface area (Å²) >= 11 is 0. The predicted octanol–water partition coefficient (Wildman–Crippen LogP) is 4.46. The van der Waals surface area contributed by atoms with E-state index in [1.807, 2.05) is 37.3 Å². The molecule has 3 atom stereocenters. The molecular formula is C27H28F3NO5. The number of alkyl halides is 3. The minimum atomic E-state index is -4.72. The molecule has 0 N–H and O–H groups in total. The van der Waals surface area contributed by atoms with Crippen molar-refractivity contribution in [2.45, 2.75) is 44.8 Å². The van der Waals surface area contributed by atoms with Crippen LogP contribution in [0.3, 0.4) is 0 Å². The van der Waals surface area contributed by atoms with Crippen molar-refractivity contribution >= 4 is 17.8 Å². The number of ether oxygens (including phenoxy) is 2. The van der Waals surface area contributed by atoms with Gasteiger partial charge in [-0.2, -0.15) is 13.2 Å². The third-order valence-corrected chi connectivity index (χ3v) is 7.25. The third kappa shape index (κ3) is 4.04. The van der Waals surface area contributed by atoms with Crippen molar-refractivity contribution in [2.75, 3.05) is 19.8 Å². The van der Waals surface area contributed by atoms with Gasteiger partial charge >= 0.3 is 18.1 Å². The van der Waals surface area contributed by atoms with Gasteiger partial charge in [0.15, 0.2) is 0 Å². The van der Waals surface area contributed by atoms with Gasteiger partial charge in [0.25, 0.3) is 0 Å². The molecule has 2 aliphatic rings. The molecule has 1 aliphatic heterocycles. The largest absolute Gasteiger partial charge is 0.465 e. The summed E-state index contributed by atoms with van der Waals surface area (Å²) in [6, 6.07) is 12.3. The van der Waals surface area contributed by atoms with Crippen molar-refractivity contribution in [1.29, 1.82) is 0 Å². The van der Waals surface area contributed by atoms with Crippen LogP contribution in [0, 0.1) is 11.8 Å². The summed E-state index contributed by atoms with van der Waals surface area (Å²) < 4.78 is 51.8. The number of nitrogens with zero attached hydrogens (tertiary/aromatic N) is 1. The van der Waals surface area contributed by atoms with Crippen molar-refractivity contribution in [3.63, 3.8) is 0 Å². The SMILES string of the molecule is CCOC(=O)C1(C(=O)OCC)c2cc(C(F)(F)F)ccc2[C@H](C)[C@@H]2CN(Cc3ccccc3)C(=O)[C@H]21. The summed E-state index contributed by atoms with van der Waals surface area (Å²) in [6.07, 6.45) is -4.72. The number of fused-ring (bicyclic) bond motifs is 2. The second kappa shape index (κ2) is 9.59. The van der Waals surface area contributed by atoms with Gasteiger partial charge in [-0.15, -0.1) is 0 Å². The van der Waals surface area contributed by atoms with E-state index in [9.17, 15) is 27.6 Å². The molecule has 2 aromatic carbocycles. The fraction of sp³-hybridized carbons (Fsp3) is 0.444. The molecule has 1 aliphatic carbocycles. The first-order valence-corrected chi connectivity index (χ1v) is 12.0. The third-order valence-electron chi connectivity index (χ3n) is 7.25. The smallest absolute Gasteiger partial charge is 0.416 e. The fourth-order valence-corrected chi connectivity index (χ4v) is 5.65. The molecule has 0 bridgehead atoms. The van der Waals surface area contributed by atoms with Crippen molar-refractivity contribution in [2.24, 2.45) is 11.8 Å². The maximum Gasteiger partial charge on any atom is 0.416 e. The molecule has 0 radical (unpaired) electrons. The Kier molecular flexibility index (Phi) is 6.86. The minimum absolute atomic E-state index is 0.122. The molecule has 2 aromatic rings. The molecule has 1 amide bonds. The number of hydrogen-bond donors (Lipinski definition) is 0. The zero-order chi connectivity index (χ0) is 26.3. The van der Waals surface area contributed by atoms with Crippen LogP contribution >= 0.6 is 0 Å². The molecule has 1 fully saturated rings. The second-order valence-electron chi connectivity index (χ2n) is 9.18. The Morgan fingerprint density at radius 3 is 2.19 bits per heavy atom. The summed E-state index contributed by atoms with van der Waals surface area (Å²) in [5, 5.41) is 0. The van der Waals surface area contributed by atoms with Crippen molar-refractivity contribution in [3.05, 3.63) is 70.8 Å². The summed E-state index contributed by atoms with van der Waals surface area (Å²) in [5.74, 6) is -4.79. The van der Waals surface area contributed by atoms with E-state index in [0.29, 0.717) is 5.56 Å². The average Bonchev–Trinajstić information content (AvgIpc) is 3.16. The van der Waals surface area contributed by atoms with Crippen molar-refractivity contribution < 1.29 is 37.0 Å². The van der Waals surface area contributed by atoms with Crippen LogP contribution in [0.15, 0.2) is 48.5 Å². The number of hydrogen-bond acceptors (Lipinski definition) is 5. The van der Waals surface area contributed by atoms with Gasteiger partial charge in [0, 0.05) is 13.1 Å². The molecule has 6 nitrogen and oxygen atoms in total. The first kappa shape index (κ1) is 25.7. The lowest BCUT2D eigenvalue weighted by Gasteiger charge is -2.44. The Hall–Kier alpha value is -3.36. The highest BCUT2D eigenvalue weighted by Gasteiger charge is 2.68. The molecule has 9 heteroatoms. The average molecular weight is 504 g/mol. The lowest BCUT2D eigenvalue weighted by Crippen LogP contribution is -2.58. The van der Waals surface area contributed by atoms with Crippen LogP contribution in [-0.2, 0) is 42.0 Å². The summed E-state index contributed by atoms with van der Waals surface area (Å²) in [5.41, 5.74) is -2.27. The molecular weight excluding hydrogens is 475 g/mol. The summed E-state index contributed by atoms with van der Waals surface area (Å²) in [7, 11) is 0. The number of carbonyl (C=O) groups excluding carboxylic acids is 3. The van der Waals surface area contributed by atoms with Crippen LogP contribution < -0.4 is 0 Å². The van der Waals surface area contributed by atoms with E-state index in [1.165, 1.54) is 19.9 Å². The topological polar surface area (TPSA) is 72.9 Å². The highest BCUT2D eigenvalue weighted by molar-refractivity contribution is 6.12. The lowest BCUT2D eigenvalue weighted by molar-refractivity contribution is -0.172. The fourth-order valence-electron chi connectivity index (χ4n) is 5.65. The highest BCUT2D eigenvalue weighted by Crippen LogP contribution is 2.55. The quantitative estimate of drug-likeness (QED) is 0.430. The monoisotopic (exact) mass is 503 g/mol. The Balaban J connectivity index is 1.95. The first-order valence-electron chi connectivity index (χ1n) is 12.0. The van der Waals surface area contributed by atoms with Gasteiger partial charge in [0.05, 0.1) is 24.7 Å². The first-order chi connectivity index (χ1) is 17.1. The molecule has 0 saturated carbocycles. The molecule has 0 spiro atoms. The summed E-state index contributed by atoms with van der Waals surface area (Å²) in [6.45, 7) is 5.11. The zero-order valence-corrected chi connectivity index (χ0v) is 20.3. The molecule has 192 valence electrons. The van der Waals surface area contributed by atoms with Crippen molar-refractivity contribution in [3.8, 4) is 0 Å². The summed E-state index contributed by atoms with van der Waals surface area (Å²) in [4.78, 5) is 42.8. The van der Waals surface area contributed by atoms with Crippen LogP contribution in [0.2, 0.25) is 0 Å². The van der Waals surface area contributed by atoms with Crippen LogP contribution in [0.1, 0.15) is 48.9 Å². The van der Waals surface area contributed by atoms with Gasteiger partial charge in [0.1, 0.15) is 0 Å². The number of rotatable bonds is 6. The van der Waals surface area contributed by atoms with E-state index in [-0.39, 0.29) is 31.9 Å². The van der Waals surface area contributed by atoms with E-state index in [1.54, 1.807) is 4.90 Å². The van der Waals surface area contributed by atoms with Gasteiger partial charge in [-0.1, -0.05) is 43.3 Å².